The molecule has 0 radical (unpaired) electrons. The van der Waals surface area contributed by atoms with E-state index in [1.165, 1.54) is 7.11 Å². The fraction of sp³-hybridized carbons (Fsp3) is 0.533. The Morgan fingerprint density at radius 3 is 2.73 bits per heavy atom. The SMILES string of the molecule is COC(=O)C[C@H]1CCN[C@H](c2ccc(C(F)(F)F)cc2F)C1. The second-order valence-corrected chi connectivity index (χ2v) is 5.41. The highest BCUT2D eigenvalue weighted by Gasteiger charge is 2.32. The van der Waals surface area contributed by atoms with E-state index in [1.807, 2.05) is 0 Å². The first-order valence-corrected chi connectivity index (χ1v) is 6.98. The van der Waals surface area contributed by atoms with Crippen LogP contribution in [0.3, 0.4) is 0 Å². The molecule has 0 aromatic heterocycles. The summed E-state index contributed by atoms with van der Waals surface area (Å²) in [4.78, 5) is 11.3. The molecule has 1 aromatic rings. The highest BCUT2D eigenvalue weighted by atomic mass is 19.4. The fourth-order valence-electron chi connectivity index (χ4n) is 2.72. The molecule has 0 amide bonds. The van der Waals surface area contributed by atoms with Crippen molar-refractivity contribution in [2.75, 3.05) is 13.7 Å². The summed E-state index contributed by atoms with van der Waals surface area (Å²) in [6.07, 6.45) is -3.10. The Morgan fingerprint density at radius 2 is 2.14 bits per heavy atom. The molecule has 0 unspecified atom stereocenters. The van der Waals surface area contributed by atoms with E-state index >= 15 is 0 Å². The molecule has 3 nitrogen and oxygen atoms in total. The van der Waals surface area contributed by atoms with Crippen LogP contribution in [0.1, 0.15) is 36.4 Å². The maximum absolute atomic E-state index is 14.0. The van der Waals surface area contributed by atoms with E-state index in [4.69, 9.17) is 0 Å². The Labute approximate surface area is 125 Å². The number of rotatable bonds is 3. The predicted octanol–water partition coefficient (Wildman–Crippen LogP) is 3.45. The van der Waals surface area contributed by atoms with Crippen LogP contribution in [0.25, 0.3) is 0 Å². The summed E-state index contributed by atoms with van der Waals surface area (Å²) >= 11 is 0. The minimum Gasteiger partial charge on any atom is -0.469 e. The molecular formula is C15H17F4NO2. The summed E-state index contributed by atoms with van der Waals surface area (Å²) in [6.45, 7) is 0.576. The molecule has 1 heterocycles. The van der Waals surface area contributed by atoms with Gasteiger partial charge in [-0.2, -0.15) is 13.2 Å². The van der Waals surface area contributed by atoms with Gasteiger partial charge in [0, 0.05) is 18.0 Å². The molecule has 22 heavy (non-hydrogen) atoms. The number of piperidine rings is 1. The van der Waals surface area contributed by atoms with Crippen molar-refractivity contribution in [3.05, 3.63) is 35.1 Å². The van der Waals surface area contributed by atoms with Gasteiger partial charge in [0.2, 0.25) is 0 Å². The number of carbonyl (C=O) groups excluding carboxylic acids is 1. The van der Waals surface area contributed by atoms with Gasteiger partial charge in [0.15, 0.2) is 0 Å². The standard InChI is InChI=1S/C15H17F4NO2/c1-22-14(21)7-9-4-5-20-13(6-9)11-3-2-10(8-12(11)16)15(17,18)19/h2-3,8-9,13,20H,4-7H2,1H3/t9-,13-/m0/s1. The summed E-state index contributed by atoms with van der Waals surface area (Å²) in [7, 11) is 1.30. The van der Waals surface area contributed by atoms with Gasteiger partial charge in [0.25, 0.3) is 0 Å². The summed E-state index contributed by atoms with van der Waals surface area (Å²) in [6, 6.07) is 2.16. The average Bonchev–Trinajstić information content (AvgIpc) is 2.46. The minimum absolute atomic E-state index is 0.0281. The molecule has 0 bridgehead atoms. The zero-order chi connectivity index (χ0) is 16.3. The van der Waals surface area contributed by atoms with Crippen molar-refractivity contribution in [3.8, 4) is 0 Å². The average molecular weight is 319 g/mol. The number of carbonyl (C=O) groups is 1. The Morgan fingerprint density at radius 1 is 1.41 bits per heavy atom. The molecule has 0 saturated carbocycles. The van der Waals surface area contributed by atoms with Gasteiger partial charge in [0.05, 0.1) is 12.7 Å². The molecule has 0 spiro atoms. The number of hydrogen-bond donors (Lipinski definition) is 1. The quantitative estimate of drug-likeness (QED) is 0.685. The topological polar surface area (TPSA) is 38.3 Å². The fourth-order valence-corrected chi connectivity index (χ4v) is 2.72. The van der Waals surface area contributed by atoms with Crippen molar-refractivity contribution in [1.29, 1.82) is 0 Å². The predicted molar refractivity (Wildman–Crippen MR) is 71.5 cm³/mol. The maximum Gasteiger partial charge on any atom is 0.416 e. The van der Waals surface area contributed by atoms with E-state index in [0.717, 1.165) is 18.6 Å². The number of ether oxygens (including phenoxy) is 1. The lowest BCUT2D eigenvalue weighted by Gasteiger charge is -2.30. The normalized spacial score (nSPS) is 22.4. The number of hydrogen-bond acceptors (Lipinski definition) is 3. The second kappa shape index (κ2) is 6.64. The van der Waals surface area contributed by atoms with Crippen molar-refractivity contribution in [3.63, 3.8) is 0 Å². The number of alkyl halides is 3. The summed E-state index contributed by atoms with van der Waals surface area (Å²) in [5.41, 5.74) is -0.807. The molecule has 1 saturated heterocycles. The van der Waals surface area contributed by atoms with Gasteiger partial charge in [0.1, 0.15) is 5.82 Å². The third-order valence-corrected chi connectivity index (χ3v) is 3.90. The van der Waals surface area contributed by atoms with Gasteiger partial charge < -0.3 is 10.1 Å². The van der Waals surface area contributed by atoms with Crippen LogP contribution in [0.15, 0.2) is 18.2 Å². The van der Waals surface area contributed by atoms with Crippen LogP contribution in [0.2, 0.25) is 0 Å². The third-order valence-electron chi connectivity index (χ3n) is 3.90. The van der Waals surface area contributed by atoms with Crippen LogP contribution in [0.5, 0.6) is 0 Å². The van der Waals surface area contributed by atoms with E-state index in [2.05, 4.69) is 10.1 Å². The molecule has 2 atom stereocenters. The first-order valence-electron chi connectivity index (χ1n) is 6.98. The lowest BCUT2D eigenvalue weighted by Crippen LogP contribution is -2.33. The molecule has 7 heteroatoms. The van der Waals surface area contributed by atoms with Crippen molar-refractivity contribution in [2.45, 2.75) is 31.5 Å². The van der Waals surface area contributed by atoms with Gasteiger partial charge >= 0.3 is 12.1 Å². The van der Waals surface area contributed by atoms with Gasteiger partial charge in [-0.1, -0.05) is 6.07 Å². The Balaban J connectivity index is 2.12. The first-order chi connectivity index (χ1) is 10.3. The molecule has 1 N–H and O–H groups in total. The smallest absolute Gasteiger partial charge is 0.416 e. The second-order valence-electron chi connectivity index (χ2n) is 5.41. The van der Waals surface area contributed by atoms with Crippen molar-refractivity contribution >= 4 is 5.97 Å². The van der Waals surface area contributed by atoms with E-state index in [1.54, 1.807) is 0 Å². The molecule has 2 rings (SSSR count). The third kappa shape index (κ3) is 3.97. The van der Waals surface area contributed by atoms with Crippen LogP contribution < -0.4 is 5.32 Å². The van der Waals surface area contributed by atoms with E-state index < -0.39 is 23.6 Å². The zero-order valence-corrected chi connectivity index (χ0v) is 12.0. The van der Waals surface area contributed by atoms with Crippen LogP contribution in [0.4, 0.5) is 17.6 Å². The lowest BCUT2D eigenvalue weighted by atomic mass is 9.86. The van der Waals surface area contributed by atoms with Crippen molar-refractivity contribution in [2.24, 2.45) is 5.92 Å². The molecule has 1 aliphatic heterocycles. The van der Waals surface area contributed by atoms with Gasteiger partial charge in [-0.25, -0.2) is 4.39 Å². The lowest BCUT2D eigenvalue weighted by molar-refractivity contribution is -0.142. The van der Waals surface area contributed by atoms with Crippen molar-refractivity contribution in [1.82, 2.24) is 5.32 Å². The van der Waals surface area contributed by atoms with Crippen LogP contribution in [-0.2, 0) is 15.7 Å². The van der Waals surface area contributed by atoms with Crippen LogP contribution in [-0.4, -0.2) is 19.6 Å². The van der Waals surface area contributed by atoms with Gasteiger partial charge in [-0.15, -0.1) is 0 Å². The highest BCUT2D eigenvalue weighted by molar-refractivity contribution is 5.69. The summed E-state index contributed by atoms with van der Waals surface area (Å²) in [5.74, 6) is -1.19. The summed E-state index contributed by atoms with van der Waals surface area (Å²) < 4.78 is 56.3. The number of esters is 1. The first kappa shape index (κ1) is 16.7. The van der Waals surface area contributed by atoms with E-state index in [-0.39, 0.29) is 23.9 Å². The monoisotopic (exact) mass is 319 g/mol. The van der Waals surface area contributed by atoms with Gasteiger partial charge in [-0.05, 0) is 37.4 Å². The molecule has 122 valence electrons. The number of methoxy groups -OCH3 is 1. The van der Waals surface area contributed by atoms with Crippen molar-refractivity contribution < 1.29 is 27.1 Å². The van der Waals surface area contributed by atoms with Gasteiger partial charge in [-0.3, -0.25) is 4.79 Å². The van der Waals surface area contributed by atoms with E-state index in [0.29, 0.717) is 19.0 Å². The molecule has 1 aromatic carbocycles. The minimum atomic E-state index is -4.56. The number of halogens is 4. The largest absolute Gasteiger partial charge is 0.469 e. The number of benzene rings is 1. The Kier molecular flexibility index (Phi) is 5.05. The van der Waals surface area contributed by atoms with Crippen LogP contribution in [0, 0.1) is 11.7 Å². The van der Waals surface area contributed by atoms with E-state index in [9.17, 15) is 22.4 Å². The molecular weight excluding hydrogens is 302 g/mol. The highest BCUT2D eigenvalue weighted by Crippen LogP contribution is 2.34. The molecule has 1 fully saturated rings. The maximum atomic E-state index is 14.0. The summed E-state index contributed by atoms with van der Waals surface area (Å²) in [5, 5.41) is 3.08. The Hall–Kier alpha value is -1.63. The molecule has 0 aliphatic carbocycles. The zero-order valence-electron chi connectivity index (χ0n) is 12.0. The molecule has 1 aliphatic rings. The van der Waals surface area contributed by atoms with Crippen LogP contribution >= 0.6 is 0 Å². The number of nitrogens with one attached hydrogen (secondary N) is 1. The Bertz CT molecular complexity index is 545.